The van der Waals surface area contributed by atoms with E-state index in [0.717, 1.165) is 62.0 Å². The fourth-order valence-corrected chi connectivity index (χ4v) is 5.88. The summed E-state index contributed by atoms with van der Waals surface area (Å²) < 4.78 is 0. The third kappa shape index (κ3) is 25.2. The van der Waals surface area contributed by atoms with Gasteiger partial charge in [0.25, 0.3) is 0 Å². The van der Waals surface area contributed by atoms with Crippen LogP contribution < -0.4 is 16.4 Å². The predicted molar refractivity (Wildman–Crippen MR) is 251 cm³/mol. The maximum absolute atomic E-state index is 11.7. The second-order valence-corrected chi connectivity index (χ2v) is 14.1. The van der Waals surface area contributed by atoms with E-state index in [1.54, 1.807) is 0 Å². The topological polar surface area (TPSA) is 104 Å². The minimum Gasteiger partial charge on any atom is -0.481 e. The molecule has 0 spiro atoms. The van der Waals surface area contributed by atoms with E-state index in [1.165, 1.54) is 27.8 Å². The van der Waals surface area contributed by atoms with Crippen LogP contribution in [0.4, 0.5) is 0 Å². The zero-order valence-corrected chi connectivity index (χ0v) is 34.4. The van der Waals surface area contributed by atoms with Gasteiger partial charge in [0, 0.05) is 32.5 Å². The maximum Gasteiger partial charge on any atom is 0.303 e. The summed E-state index contributed by atoms with van der Waals surface area (Å²) in [7, 11) is 0. The lowest BCUT2D eigenvalue weighted by atomic mass is 10.1. The molecule has 0 heterocycles. The molecule has 0 aliphatic heterocycles. The smallest absolute Gasteiger partial charge is 0.303 e. The molecule has 0 unspecified atom stereocenters. The summed E-state index contributed by atoms with van der Waals surface area (Å²) in [6.45, 7) is 2.08. The first-order valence-corrected chi connectivity index (χ1v) is 20.5. The Bertz CT molecular complexity index is 1830. The quantitative estimate of drug-likeness (QED) is 0.0684. The van der Waals surface area contributed by atoms with E-state index in [-0.39, 0.29) is 19.8 Å². The molecule has 59 heavy (non-hydrogen) atoms. The number of hydrogen-bond donors (Lipinski definition) is 4. The van der Waals surface area contributed by atoms with E-state index < -0.39 is 5.97 Å². The van der Waals surface area contributed by atoms with Crippen LogP contribution in [0.3, 0.4) is 0 Å². The van der Waals surface area contributed by atoms with Crippen molar-refractivity contribution < 1.29 is 14.7 Å². The normalized spacial score (nSPS) is 9.71. The van der Waals surface area contributed by atoms with E-state index >= 15 is 0 Å². The van der Waals surface area contributed by atoms with Crippen LogP contribution in [0.15, 0.2) is 182 Å². The molecule has 0 aliphatic rings. The maximum atomic E-state index is 11.7. The molecule has 0 bridgehead atoms. The molecule has 0 fully saturated rings. The number of carboxylic acid groups (broad SMARTS) is 1. The lowest BCUT2D eigenvalue weighted by Crippen LogP contribution is -2.22. The van der Waals surface area contributed by atoms with E-state index in [4.69, 9.17) is 23.1 Å². The molecule has 0 atom stereocenters. The number of carbonyl (C=O) groups is 2. The van der Waals surface area contributed by atoms with Crippen LogP contribution >= 0.6 is 12.2 Å². The van der Waals surface area contributed by atoms with Crippen molar-refractivity contribution in [1.29, 1.82) is 0 Å². The highest BCUT2D eigenvalue weighted by Gasteiger charge is 2.02. The van der Waals surface area contributed by atoms with E-state index in [9.17, 15) is 9.59 Å². The minimum atomic E-state index is -0.717. The summed E-state index contributed by atoms with van der Waals surface area (Å²) in [4.78, 5) is 22.8. The third-order valence-corrected chi connectivity index (χ3v) is 9.22. The Morgan fingerprint density at radius 3 is 1.08 bits per heavy atom. The van der Waals surface area contributed by atoms with Gasteiger partial charge in [-0.05, 0) is 78.3 Å². The molecule has 0 saturated heterocycles. The molecule has 6 aromatic rings. The summed E-state index contributed by atoms with van der Waals surface area (Å²) >= 11 is 5.36. The number of nitrogens with one attached hydrogen (secondary N) is 2. The average Bonchev–Trinajstić information content (AvgIpc) is 3.28. The first kappa shape index (κ1) is 49.3. The van der Waals surface area contributed by atoms with Crippen LogP contribution in [-0.2, 0) is 48.5 Å². The van der Waals surface area contributed by atoms with E-state index in [1.807, 2.05) is 115 Å². The van der Waals surface area contributed by atoms with Gasteiger partial charge in [-0.25, -0.2) is 0 Å². The van der Waals surface area contributed by atoms with Crippen molar-refractivity contribution in [2.75, 3.05) is 0 Å². The average molecular weight is 810 g/mol. The first-order valence-electron chi connectivity index (χ1n) is 20.1. The SMILES string of the molecule is C.NCc1ccccc1.O=C(CCCc1ccccc1)NCc1ccccc1.O=C(O)CCCc1ccccc1.S=C(CCCc1ccccc1)NCc1ccccc1. The first-order chi connectivity index (χ1) is 28.4. The minimum absolute atomic E-state index is 0. The summed E-state index contributed by atoms with van der Waals surface area (Å²) in [5.41, 5.74) is 12.8. The Hall–Kier alpha value is -5.89. The zero-order valence-electron chi connectivity index (χ0n) is 33.6. The molecule has 6 aromatic carbocycles. The van der Waals surface area contributed by atoms with E-state index in [2.05, 4.69) is 77.4 Å². The standard InChI is InChI=1S/C17H19NO.C17H19NS.C10H12O2.C7H9N.CH4/c2*19-17(18-14-16-10-5-2-6-11-16)13-7-12-15-8-3-1-4-9-15;11-10(12)8-4-7-9-5-2-1-3-6-9;8-6-7-4-2-1-3-5-7;/h2*1-6,8-11H,7,12-14H2,(H,18,19);1-3,5-6H,4,7-8H2,(H,11,12);1-5H,6,8H2;1H4. The number of carbonyl (C=O) groups excluding carboxylic acids is 1. The summed E-state index contributed by atoms with van der Waals surface area (Å²) in [5, 5.41) is 14.7. The van der Waals surface area contributed by atoms with Gasteiger partial charge in [-0.15, -0.1) is 0 Å². The predicted octanol–water partition coefficient (Wildman–Crippen LogP) is 11.3. The van der Waals surface area contributed by atoms with Gasteiger partial charge < -0.3 is 21.5 Å². The van der Waals surface area contributed by atoms with Gasteiger partial charge in [-0.3, -0.25) is 9.59 Å². The number of benzene rings is 6. The second-order valence-electron chi connectivity index (χ2n) is 13.6. The fourth-order valence-electron chi connectivity index (χ4n) is 5.67. The molecule has 6 nitrogen and oxygen atoms in total. The molecule has 7 heteroatoms. The molecule has 6 rings (SSSR count). The van der Waals surface area contributed by atoms with Gasteiger partial charge in [0.15, 0.2) is 0 Å². The Morgan fingerprint density at radius 1 is 0.441 bits per heavy atom. The number of carboxylic acids is 1. The Balaban J connectivity index is 0.000000282. The van der Waals surface area contributed by atoms with Crippen LogP contribution in [0.5, 0.6) is 0 Å². The monoisotopic (exact) mass is 809 g/mol. The molecule has 0 aromatic heterocycles. The van der Waals surface area contributed by atoms with Crippen molar-refractivity contribution in [1.82, 2.24) is 10.6 Å². The second kappa shape index (κ2) is 32.1. The molecule has 310 valence electrons. The highest BCUT2D eigenvalue weighted by atomic mass is 32.1. The number of hydrogen-bond acceptors (Lipinski definition) is 4. The number of amides is 1. The van der Waals surface area contributed by atoms with Crippen molar-refractivity contribution in [3.63, 3.8) is 0 Å². The molecule has 0 aliphatic carbocycles. The summed E-state index contributed by atoms with van der Waals surface area (Å²) in [6, 6.07) is 61.1. The van der Waals surface area contributed by atoms with E-state index in [0.29, 0.717) is 19.5 Å². The van der Waals surface area contributed by atoms with Crippen LogP contribution in [0.2, 0.25) is 0 Å². The van der Waals surface area contributed by atoms with Crippen LogP contribution in [0.25, 0.3) is 0 Å². The number of thiocarbonyl (C=S) groups is 1. The molecular weight excluding hydrogens is 747 g/mol. The van der Waals surface area contributed by atoms with Gasteiger partial charge >= 0.3 is 5.97 Å². The van der Waals surface area contributed by atoms with Crippen molar-refractivity contribution in [2.24, 2.45) is 5.73 Å². The van der Waals surface area contributed by atoms with Gasteiger partial charge in [0.1, 0.15) is 0 Å². The molecular formula is C52H63N3O3S. The van der Waals surface area contributed by atoms with Gasteiger partial charge in [-0.2, -0.15) is 0 Å². The van der Waals surface area contributed by atoms with Crippen LogP contribution in [-0.4, -0.2) is 22.0 Å². The highest BCUT2D eigenvalue weighted by molar-refractivity contribution is 7.80. The van der Waals surface area contributed by atoms with Gasteiger partial charge in [-0.1, -0.05) is 202 Å². The van der Waals surface area contributed by atoms with Crippen molar-refractivity contribution in [3.05, 3.63) is 215 Å². The zero-order chi connectivity index (χ0) is 41.3. The van der Waals surface area contributed by atoms with Crippen molar-refractivity contribution in [2.45, 2.75) is 84.8 Å². The van der Waals surface area contributed by atoms with Gasteiger partial charge in [0.05, 0.1) is 4.99 Å². The third-order valence-electron chi connectivity index (χ3n) is 8.87. The number of aryl methyl sites for hydroxylation is 3. The van der Waals surface area contributed by atoms with Crippen molar-refractivity contribution in [3.8, 4) is 0 Å². The Morgan fingerprint density at radius 2 is 0.746 bits per heavy atom. The molecule has 1 amide bonds. The lowest BCUT2D eigenvalue weighted by molar-refractivity contribution is -0.137. The van der Waals surface area contributed by atoms with Gasteiger partial charge in [0.2, 0.25) is 5.91 Å². The summed E-state index contributed by atoms with van der Waals surface area (Å²) in [5.74, 6) is -0.592. The largest absolute Gasteiger partial charge is 0.481 e. The Labute approximate surface area is 358 Å². The summed E-state index contributed by atoms with van der Waals surface area (Å²) in [6.07, 6.45) is 7.42. The molecule has 0 saturated carbocycles. The fraction of sp³-hybridized carbons (Fsp3) is 0.250. The lowest BCUT2D eigenvalue weighted by Gasteiger charge is -2.08. The van der Waals surface area contributed by atoms with Crippen LogP contribution in [0, 0.1) is 0 Å². The number of nitrogens with two attached hydrogens (primary N) is 1. The Kier molecular flexibility index (Phi) is 26.8. The highest BCUT2D eigenvalue weighted by Crippen LogP contribution is 2.07. The number of rotatable bonds is 17. The number of aliphatic carboxylic acids is 1. The van der Waals surface area contributed by atoms with Crippen molar-refractivity contribution >= 4 is 29.1 Å². The molecule has 0 radical (unpaired) electrons. The molecule has 5 N–H and O–H groups in total. The van der Waals surface area contributed by atoms with Crippen LogP contribution in [0.1, 0.15) is 79.3 Å².